The van der Waals surface area contributed by atoms with Gasteiger partial charge in [-0.2, -0.15) is 13.2 Å². The molecule has 2 saturated carbocycles. The van der Waals surface area contributed by atoms with E-state index in [-0.39, 0.29) is 24.5 Å². The molecule has 1 amide bonds. The fraction of sp³-hybridized carbons (Fsp3) is 0.611. The topological polar surface area (TPSA) is 32.3 Å². The summed E-state index contributed by atoms with van der Waals surface area (Å²) in [6.07, 6.45) is -0.0758. The Hall–Kier alpha value is -1.56. The predicted molar refractivity (Wildman–Crippen MR) is 85.3 cm³/mol. The maximum absolute atomic E-state index is 12.9. The van der Waals surface area contributed by atoms with Gasteiger partial charge in [-0.1, -0.05) is 12.1 Å². The van der Waals surface area contributed by atoms with E-state index in [1.807, 2.05) is 6.92 Å². The van der Waals surface area contributed by atoms with Gasteiger partial charge in [-0.3, -0.25) is 4.79 Å². The number of nitrogens with one attached hydrogen (secondary N) is 1. The summed E-state index contributed by atoms with van der Waals surface area (Å²) in [5, 5.41) is 3.18. The lowest BCUT2D eigenvalue weighted by atomic mass is 10.0. The molecule has 2 aliphatic rings. The molecule has 0 saturated heterocycles. The Balaban J connectivity index is 1.69. The van der Waals surface area contributed by atoms with Crippen LogP contribution in [0.3, 0.4) is 0 Å². The van der Waals surface area contributed by atoms with Gasteiger partial charge in [0.15, 0.2) is 0 Å². The first-order valence-electron chi connectivity index (χ1n) is 8.55. The number of nitrogens with zero attached hydrogens (tertiary/aromatic N) is 1. The summed E-state index contributed by atoms with van der Waals surface area (Å²) < 4.78 is 38.8. The van der Waals surface area contributed by atoms with Crippen molar-refractivity contribution in [2.45, 2.75) is 50.9 Å². The summed E-state index contributed by atoms with van der Waals surface area (Å²) in [6, 6.07) is 5.11. The summed E-state index contributed by atoms with van der Waals surface area (Å²) in [4.78, 5) is 14.3. The number of halogens is 3. The quantitative estimate of drug-likeness (QED) is 0.820. The van der Waals surface area contributed by atoms with Crippen LogP contribution in [-0.2, 0) is 11.0 Å². The highest BCUT2D eigenvalue weighted by Crippen LogP contribution is 2.36. The lowest BCUT2D eigenvalue weighted by molar-refractivity contribution is -0.137. The predicted octanol–water partition coefficient (Wildman–Crippen LogP) is 3.76. The van der Waals surface area contributed by atoms with Crippen LogP contribution in [-0.4, -0.2) is 29.9 Å². The van der Waals surface area contributed by atoms with Gasteiger partial charge >= 0.3 is 6.18 Å². The zero-order valence-corrected chi connectivity index (χ0v) is 13.8. The minimum atomic E-state index is -4.37. The highest BCUT2D eigenvalue weighted by Gasteiger charge is 2.37. The van der Waals surface area contributed by atoms with E-state index >= 15 is 0 Å². The molecule has 2 fully saturated rings. The molecule has 0 spiro atoms. The monoisotopic (exact) mass is 340 g/mol. The van der Waals surface area contributed by atoms with Crippen LogP contribution in [0.1, 0.15) is 49.8 Å². The number of hydrogen-bond donors (Lipinski definition) is 1. The third kappa shape index (κ3) is 4.29. The number of carbonyl (C=O) groups is 1. The van der Waals surface area contributed by atoms with E-state index in [2.05, 4.69) is 5.32 Å². The van der Waals surface area contributed by atoms with Crippen LogP contribution >= 0.6 is 0 Å². The molecule has 132 valence electrons. The van der Waals surface area contributed by atoms with Gasteiger partial charge in [0.05, 0.1) is 18.2 Å². The summed E-state index contributed by atoms with van der Waals surface area (Å²) in [5.74, 6) is 0.663. The molecular weight excluding hydrogens is 317 g/mol. The molecule has 1 aromatic rings. The van der Waals surface area contributed by atoms with E-state index in [0.717, 1.165) is 31.5 Å². The highest BCUT2D eigenvalue weighted by atomic mass is 19.4. The Bertz CT molecular complexity index is 594. The number of carbonyl (C=O) groups excluding carboxylic acids is 1. The van der Waals surface area contributed by atoms with Gasteiger partial charge in [0, 0.05) is 6.04 Å². The molecule has 0 radical (unpaired) electrons. The van der Waals surface area contributed by atoms with E-state index in [0.29, 0.717) is 11.5 Å². The maximum Gasteiger partial charge on any atom is 0.416 e. The smallest absolute Gasteiger partial charge is 0.332 e. The lowest BCUT2D eigenvalue weighted by Crippen LogP contribution is -2.41. The normalized spacial score (nSPS) is 19.2. The van der Waals surface area contributed by atoms with Crippen molar-refractivity contribution in [1.29, 1.82) is 0 Å². The Morgan fingerprint density at radius 1 is 1.29 bits per heavy atom. The molecule has 6 heteroatoms. The molecule has 1 atom stereocenters. The first kappa shape index (κ1) is 17.3. The largest absolute Gasteiger partial charge is 0.416 e. The third-order valence-electron chi connectivity index (χ3n) is 4.75. The van der Waals surface area contributed by atoms with Crippen LogP contribution < -0.4 is 5.32 Å². The molecule has 1 N–H and O–H groups in total. The number of benzene rings is 1. The summed E-state index contributed by atoms with van der Waals surface area (Å²) >= 11 is 0. The van der Waals surface area contributed by atoms with Crippen molar-refractivity contribution < 1.29 is 18.0 Å². The van der Waals surface area contributed by atoms with Crippen molar-refractivity contribution >= 4 is 5.91 Å². The maximum atomic E-state index is 12.9. The molecule has 0 heterocycles. The van der Waals surface area contributed by atoms with Crippen molar-refractivity contribution in [2.24, 2.45) is 5.92 Å². The zero-order valence-electron chi connectivity index (χ0n) is 13.8. The Morgan fingerprint density at radius 2 is 2.00 bits per heavy atom. The second kappa shape index (κ2) is 6.75. The standard InChI is InChI=1S/C18H23F3N2O/c1-12(14-3-2-4-15(9-14)18(19,20)21)23(16-7-8-16)17(24)11-22-10-13-5-6-13/h2-4,9,12-13,16,22H,5-8,10-11H2,1H3. The number of rotatable bonds is 7. The summed E-state index contributed by atoms with van der Waals surface area (Å²) in [5.41, 5.74) is -0.130. The first-order chi connectivity index (χ1) is 11.4. The van der Waals surface area contributed by atoms with Crippen molar-refractivity contribution in [3.63, 3.8) is 0 Å². The van der Waals surface area contributed by atoms with E-state index < -0.39 is 11.7 Å². The molecule has 3 rings (SSSR count). The molecule has 0 bridgehead atoms. The van der Waals surface area contributed by atoms with Gasteiger partial charge in [-0.15, -0.1) is 0 Å². The van der Waals surface area contributed by atoms with Gasteiger partial charge in [0.1, 0.15) is 0 Å². The lowest BCUT2D eigenvalue weighted by Gasteiger charge is -2.30. The molecule has 0 aromatic heterocycles. The van der Waals surface area contributed by atoms with Crippen LogP contribution in [0.25, 0.3) is 0 Å². The molecule has 1 unspecified atom stereocenters. The van der Waals surface area contributed by atoms with Crippen molar-refractivity contribution in [2.75, 3.05) is 13.1 Å². The van der Waals surface area contributed by atoms with Crippen LogP contribution in [0.2, 0.25) is 0 Å². The molecule has 1 aromatic carbocycles. The molecular formula is C18H23F3N2O. The van der Waals surface area contributed by atoms with Crippen LogP contribution in [0.15, 0.2) is 24.3 Å². The van der Waals surface area contributed by atoms with Crippen LogP contribution in [0.5, 0.6) is 0 Å². The Morgan fingerprint density at radius 3 is 2.58 bits per heavy atom. The van der Waals surface area contributed by atoms with Gasteiger partial charge in [-0.05, 0) is 62.8 Å². The van der Waals surface area contributed by atoms with Crippen molar-refractivity contribution in [3.8, 4) is 0 Å². The van der Waals surface area contributed by atoms with E-state index in [9.17, 15) is 18.0 Å². The first-order valence-corrected chi connectivity index (χ1v) is 8.55. The van der Waals surface area contributed by atoms with Crippen molar-refractivity contribution in [3.05, 3.63) is 35.4 Å². The van der Waals surface area contributed by atoms with E-state index in [1.54, 1.807) is 11.0 Å². The molecule has 2 aliphatic carbocycles. The third-order valence-corrected chi connectivity index (χ3v) is 4.75. The molecule has 3 nitrogen and oxygen atoms in total. The van der Waals surface area contributed by atoms with E-state index in [1.165, 1.54) is 18.9 Å². The van der Waals surface area contributed by atoms with Crippen molar-refractivity contribution in [1.82, 2.24) is 10.2 Å². The summed E-state index contributed by atoms with van der Waals surface area (Å²) in [6.45, 7) is 2.92. The van der Waals surface area contributed by atoms with Gasteiger partial charge in [-0.25, -0.2) is 0 Å². The molecule has 0 aliphatic heterocycles. The number of amides is 1. The average Bonchev–Trinajstić information content (AvgIpc) is 3.41. The average molecular weight is 340 g/mol. The van der Waals surface area contributed by atoms with E-state index in [4.69, 9.17) is 0 Å². The zero-order chi connectivity index (χ0) is 17.3. The van der Waals surface area contributed by atoms with Gasteiger partial charge in [0.25, 0.3) is 0 Å². The van der Waals surface area contributed by atoms with Crippen LogP contribution in [0.4, 0.5) is 13.2 Å². The number of alkyl halides is 3. The minimum absolute atomic E-state index is 0.0249. The highest BCUT2D eigenvalue weighted by molar-refractivity contribution is 5.79. The fourth-order valence-corrected chi connectivity index (χ4v) is 3.02. The van der Waals surface area contributed by atoms with Gasteiger partial charge in [0.2, 0.25) is 5.91 Å². The minimum Gasteiger partial charge on any atom is -0.332 e. The Labute approximate surface area is 140 Å². The Kier molecular flexibility index (Phi) is 4.85. The SMILES string of the molecule is CC(c1cccc(C(F)(F)F)c1)N(C(=O)CNCC1CC1)C1CC1. The van der Waals surface area contributed by atoms with Gasteiger partial charge < -0.3 is 10.2 Å². The molecule has 24 heavy (non-hydrogen) atoms. The van der Waals surface area contributed by atoms with Crippen LogP contribution in [0, 0.1) is 5.92 Å². The number of hydrogen-bond acceptors (Lipinski definition) is 2. The summed E-state index contributed by atoms with van der Waals surface area (Å²) in [7, 11) is 0. The second-order valence-electron chi connectivity index (χ2n) is 6.91. The second-order valence-corrected chi connectivity index (χ2v) is 6.91. The fourth-order valence-electron chi connectivity index (χ4n) is 3.02.